The third kappa shape index (κ3) is 19.7. The van der Waals surface area contributed by atoms with Gasteiger partial charge < -0.3 is 24.8 Å². The van der Waals surface area contributed by atoms with Crippen LogP contribution in [0.2, 0.25) is 0 Å². The number of hydrogen-bond donors (Lipinski definition) is 0. The fourth-order valence-electron chi connectivity index (χ4n) is 4.29. The molecule has 0 aromatic carbocycles. The molecule has 0 bridgehead atoms. The van der Waals surface area contributed by atoms with E-state index in [4.69, 9.17) is 4.79 Å². The van der Waals surface area contributed by atoms with Crippen molar-refractivity contribution in [1.82, 2.24) is 0 Å². The van der Waals surface area contributed by atoms with Crippen LogP contribution in [-0.4, -0.2) is 43.8 Å². The van der Waals surface area contributed by atoms with Crippen LogP contribution in [-0.2, 0) is 21.5 Å². The number of rotatable bonds is 20. The van der Waals surface area contributed by atoms with Crippen LogP contribution in [0.15, 0.2) is 0 Å². The van der Waals surface area contributed by atoms with E-state index in [9.17, 15) is 0 Å². The van der Waals surface area contributed by atoms with Crippen LogP contribution in [0, 0.1) is 0 Å². The summed E-state index contributed by atoms with van der Waals surface area (Å²) in [6.07, 6.45) is 28.3. The normalized spacial score (nSPS) is 12.2. The molecule has 0 N–H and O–H groups in total. The summed E-state index contributed by atoms with van der Waals surface area (Å²) in [6.45, 7) is 19.1. The second-order valence-electron chi connectivity index (χ2n) is 8.91. The zero-order valence-electron chi connectivity index (χ0n) is 21.7. The van der Waals surface area contributed by atoms with Gasteiger partial charge in [-0.25, -0.2) is 0 Å². The summed E-state index contributed by atoms with van der Waals surface area (Å²) in [5.41, 5.74) is -1.91. The van der Waals surface area contributed by atoms with Crippen LogP contribution >= 0.6 is 11.0 Å². The molecular formula is C25H56Cl2IrOP2. The topological polar surface area (TPSA) is 17.1 Å². The van der Waals surface area contributed by atoms with Crippen molar-refractivity contribution >= 4 is 17.8 Å². The third-order valence-electron chi connectivity index (χ3n) is 6.16. The first-order chi connectivity index (χ1) is 14.1. The van der Waals surface area contributed by atoms with E-state index in [0.717, 1.165) is 0 Å². The molecule has 0 saturated heterocycles. The van der Waals surface area contributed by atoms with E-state index >= 15 is 0 Å². The van der Waals surface area contributed by atoms with Gasteiger partial charge in [-0.3, -0.25) is 4.79 Å². The van der Waals surface area contributed by atoms with Gasteiger partial charge in [0, 0.05) is 0 Å². The van der Waals surface area contributed by atoms with Crippen LogP contribution in [0.5, 0.6) is 0 Å². The minimum atomic E-state index is -0.957. The largest absolute Gasteiger partial charge is 1.00 e. The Balaban J connectivity index is -0.000000882. The maximum Gasteiger partial charge on any atom is 0.281 e. The zero-order chi connectivity index (χ0) is 22.4. The molecule has 0 aromatic heterocycles. The second kappa shape index (κ2) is 28.0. The molecule has 0 aliphatic carbocycles. The summed E-state index contributed by atoms with van der Waals surface area (Å²) in [5, 5.41) is 0. The molecule has 0 aliphatic heterocycles. The first kappa shape index (κ1) is 40.0. The van der Waals surface area contributed by atoms with Gasteiger partial charge in [-0.05, 0) is 0 Å². The Bertz CT molecular complexity index is 276. The molecule has 0 unspecified atom stereocenters. The van der Waals surface area contributed by atoms with Crippen molar-refractivity contribution in [3.05, 3.63) is 0 Å². The average Bonchev–Trinajstić information content (AvgIpc) is 2.77. The summed E-state index contributed by atoms with van der Waals surface area (Å²) >= 11 is 0.345. The molecular weight excluding hydrogens is 641 g/mol. The summed E-state index contributed by atoms with van der Waals surface area (Å²) in [6, 6.07) is 0. The van der Waals surface area contributed by atoms with Gasteiger partial charge in [-0.2, -0.15) is 0 Å². The predicted octanol–water partition coefficient (Wildman–Crippen LogP) is 2.81. The van der Waals surface area contributed by atoms with E-state index in [2.05, 4.69) is 48.3 Å². The first-order valence-electron chi connectivity index (χ1n) is 12.9. The molecule has 2 radical (unpaired) electrons. The Labute approximate surface area is 218 Å². The molecule has 0 atom stereocenters. The van der Waals surface area contributed by atoms with E-state index in [1.54, 1.807) is 75.5 Å². The predicted molar refractivity (Wildman–Crippen MR) is 141 cm³/mol. The van der Waals surface area contributed by atoms with Crippen molar-refractivity contribution in [3.8, 4) is 0 Å². The van der Waals surface area contributed by atoms with Gasteiger partial charge in [0.2, 0.25) is 0 Å². The minimum absolute atomic E-state index is 0. The molecule has 0 saturated carbocycles. The fraction of sp³-hybridized carbons (Fsp3) is 0.960. The van der Waals surface area contributed by atoms with E-state index in [1.165, 1.54) is 38.5 Å². The van der Waals surface area contributed by atoms with E-state index in [0.29, 0.717) is 16.7 Å². The molecule has 6 heteroatoms. The molecule has 0 rings (SSSR count). The van der Waals surface area contributed by atoms with E-state index in [-0.39, 0.29) is 24.8 Å². The summed E-state index contributed by atoms with van der Waals surface area (Å²) in [7, 11) is 0. The molecule has 0 heterocycles. The number of unbranched alkanes of at least 4 members (excludes halogenated alkanes) is 6. The first-order valence-corrected chi connectivity index (χ1v) is 25.0. The van der Waals surface area contributed by atoms with E-state index in [1.807, 2.05) is 0 Å². The molecule has 0 aliphatic rings. The standard InChI is InChI=1S/2C12H27P.CO.2ClH.Ir/c2*1-4-7-10-13(11-8-5-2)12-9-6-3;1-2;;;/h2*4-12H2,1-3H3;;2*1H;. The SMILES string of the molecule is CCCC[PH](CCCC)(CCCC)[Ir+2][PH](CCCC)(CCCC)CCCC.[C]=O.[Cl-].[Cl-]. The Morgan fingerprint density at radius 2 is 0.613 bits per heavy atom. The molecule has 0 amide bonds. The van der Waals surface area contributed by atoms with Crippen molar-refractivity contribution in [3.63, 3.8) is 0 Å². The van der Waals surface area contributed by atoms with Gasteiger partial charge >= 0.3 is 183 Å². The minimum Gasteiger partial charge on any atom is -1.00 e. The molecule has 1 nitrogen and oxygen atoms in total. The van der Waals surface area contributed by atoms with Gasteiger partial charge in [-0.1, -0.05) is 0 Å². The van der Waals surface area contributed by atoms with Crippen molar-refractivity contribution in [2.24, 2.45) is 0 Å². The van der Waals surface area contributed by atoms with Crippen LogP contribution in [0.1, 0.15) is 119 Å². The van der Waals surface area contributed by atoms with Gasteiger partial charge in [0.1, 0.15) is 0 Å². The van der Waals surface area contributed by atoms with Crippen molar-refractivity contribution in [2.75, 3.05) is 37.0 Å². The zero-order valence-corrected chi connectivity index (χ0v) is 27.6. The Morgan fingerprint density at radius 3 is 0.742 bits per heavy atom. The van der Waals surface area contributed by atoms with Gasteiger partial charge in [0.05, 0.1) is 0 Å². The average molecular weight is 698 g/mol. The Hall–Kier alpha value is 1.76. The van der Waals surface area contributed by atoms with E-state index < -0.39 is 11.0 Å². The Morgan fingerprint density at radius 1 is 0.452 bits per heavy atom. The quantitative estimate of drug-likeness (QED) is 0.179. The van der Waals surface area contributed by atoms with Crippen molar-refractivity contribution < 1.29 is 46.3 Å². The third-order valence-corrected chi connectivity index (χ3v) is 50.0. The summed E-state index contributed by atoms with van der Waals surface area (Å²) in [4.78, 5) is 7.50. The maximum atomic E-state index is 7.50. The second-order valence-corrected chi connectivity index (χ2v) is 37.6. The number of halogens is 2. The molecule has 31 heavy (non-hydrogen) atoms. The monoisotopic (exact) mass is 697 g/mol. The smallest absolute Gasteiger partial charge is 0.281 e. The molecule has 195 valence electrons. The fourth-order valence-corrected chi connectivity index (χ4v) is 64.7. The number of carbonyl (C=O) groups excluding carboxylic acids is 1. The van der Waals surface area contributed by atoms with Gasteiger partial charge in [0.15, 0.2) is 0 Å². The van der Waals surface area contributed by atoms with Crippen LogP contribution in [0.4, 0.5) is 0 Å². The van der Waals surface area contributed by atoms with Crippen LogP contribution in [0.25, 0.3) is 0 Å². The Kier molecular flexibility index (Phi) is 36.1. The van der Waals surface area contributed by atoms with Gasteiger partial charge in [0.25, 0.3) is 6.79 Å². The van der Waals surface area contributed by atoms with Crippen LogP contribution < -0.4 is 24.8 Å². The van der Waals surface area contributed by atoms with Crippen molar-refractivity contribution in [2.45, 2.75) is 119 Å². The van der Waals surface area contributed by atoms with Gasteiger partial charge in [-0.15, -0.1) is 0 Å². The van der Waals surface area contributed by atoms with Crippen LogP contribution in [0.3, 0.4) is 0 Å². The summed E-state index contributed by atoms with van der Waals surface area (Å²) in [5.74, 6) is 0. The molecule has 0 aromatic rings. The molecule has 0 fully saturated rings. The number of hydrogen-bond acceptors (Lipinski definition) is 1. The van der Waals surface area contributed by atoms with Crippen molar-refractivity contribution in [1.29, 1.82) is 0 Å². The maximum absolute atomic E-state index is 7.50. The molecule has 0 spiro atoms. The summed E-state index contributed by atoms with van der Waals surface area (Å²) < 4.78 is 0.